The van der Waals surface area contributed by atoms with Crippen LogP contribution in [0, 0.1) is 5.82 Å². The van der Waals surface area contributed by atoms with Gasteiger partial charge in [0.25, 0.3) is 0 Å². The monoisotopic (exact) mass is 409 g/mol. The van der Waals surface area contributed by atoms with E-state index in [2.05, 4.69) is 15.4 Å². The van der Waals surface area contributed by atoms with Gasteiger partial charge in [-0.3, -0.25) is 4.79 Å². The first kappa shape index (κ1) is 18.5. The molecule has 0 N–H and O–H groups in total. The van der Waals surface area contributed by atoms with Crippen LogP contribution in [0.25, 0.3) is 11.4 Å². The van der Waals surface area contributed by atoms with Crippen LogP contribution < -0.4 is 9.47 Å². The smallest absolute Gasteiger partial charge is 0.246 e. The van der Waals surface area contributed by atoms with Gasteiger partial charge in [0, 0.05) is 12.1 Å². The molecule has 0 unspecified atom stereocenters. The lowest BCUT2D eigenvalue weighted by Gasteiger charge is -2.26. The predicted molar refractivity (Wildman–Crippen MR) is 104 cm³/mol. The summed E-state index contributed by atoms with van der Waals surface area (Å²) >= 11 is 0. The van der Waals surface area contributed by atoms with Gasteiger partial charge in [-0.25, -0.2) is 4.39 Å². The van der Waals surface area contributed by atoms with Crippen LogP contribution in [0.5, 0.6) is 11.5 Å². The largest absolute Gasteiger partial charge is 0.486 e. The number of amides is 1. The highest BCUT2D eigenvalue weighted by atomic mass is 19.1. The Kier molecular flexibility index (Phi) is 4.78. The molecule has 9 heteroatoms. The number of hydrogen-bond acceptors (Lipinski definition) is 6. The van der Waals surface area contributed by atoms with Crippen molar-refractivity contribution in [3.8, 4) is 22.9 Å². The van der Waals surface area contributed by atoms with Gasteiger partial charge >= 0.3 is 0 Å². The van der Waals surface area contributed by atoms with Crippen LogP contribution in [0.15, 0.2) is 42.5 Å². The topological polar surface area (TPSA) is 82.4 Å². The van der Waals surface area contributed by atoms with E-state index < -0.39 is 0 Å². The number of benzene rings is 2. The Balaban J connectivity index is 1.30. The summed E-state index contributed by atoms with van der Waals surface area (Å²) in [5, 5.41) is 12.2. The fourth-order valence-electron chi connectivity index (χ4n) is 3.92. The van der Waals surface area contributed by atoms with Crippen molar-refractivity contribution < 1.29 is 18.7 Å². The lowest BCUT2D eigenvalue weighted by atomic mass is 10.0. The van der Waals surface area contributed by atoms with E-state index in [0.29, 0.717) is 31.1 Å². The highest BCUT2D eigenvalue weighted by Gasteiger charge is 2.31. The van der Waals surface area contributed by atoms with Crippen LogP contribution in [-0.2, 0) is 11.3 Å². The van der Waals surface area contributed by atoms with Crippen molar-refractivity contribution in [2.75, 3.05) is 19.8 Å². The van der Waals surface area contributed by atoms with Crippen molar-refractivity contribution in [3.05, 3.63) is 53.8 Å². The molecule has 1 saturated heterocycles. The number of rotatable bonds is 4. The zero-order chi connectivity index (χ0) is 20.5. The molecule has 2 aromatic carbocycles. The lowest BCUT2D eigenvalue weighted by Crippen LogP contribution is -2.34. The average Bonchev–Trinajstić information content (AvgIpc) is 3.44. The molecule has 3 heterocycles. The normalized spacial score (nSPS) is 17.9. The molecule has 2 aliphatic heterocycles. The summed E-state index contributed by atoms with van der Waals surface area (Å²) in [6.45, 7) is 1.75. The van der Waals surface area contributed by atoms with Crippen LogP contribution in [0.1, 0.15) is 24.4 Å². The Hall–Kier alpha value is -3.49. The molecule has 0 aliphatic carbocycles. The third-order valence-corrected chi connectivity index (χ3v) is 5.36. The van der Waals surface area contributed by atoms with Crippen LogP contribution in [-0.4, -0.2) is 50.8 Å². The summed E-state index contributed by atoms with van der Waals surface area (Å²) in [5.74, 6) is 1.41. The number of halogens is 1. The first-order valence-corrected chi connectivity index (χ1v) is 9.90. The van der Waals surface area contributed by atoms with E-state index in [1.807, 2.05) is 23.1 Å². The van der Waals surface area contributed by atoms with E-state index in [4.69, 9.17) is 9.47 Å². The van der Waals surface area contributed by atoms with Gasteiger partial charge in [0.05, 0.1) is 6.04 Å². The van der Waals surface area contributed by atoms with Crippen molar-refractivity contribution >= 4 is 5.91 Å². The summed E-state index contributed by atoms with van der Waals surface area (Å²) in [5.41, 5.74) is 1.68. The third kappa shape index (κ3) is 3.58. The molecule has 0 saturated carbocycles. The summed E-state index contributed by atoms with van der Waals surface area (Å²) in [6, 6.07) is 11.7. The molecule has 0 radical (unpaired) electrons. The van der Waals surface area contributed by atoms with Gasteiger partial charge in [-0.2, -0.15) is 4.80 Å². The predicted octanol–water partition coefficient (Wildman–Crippen LogP) is 2.61. The summed E-state index contributed by atoms with van der Waals surface area (Å²) in [6.07, 6.45) is 1.81. The Labute approximate surface area is 172 Å². The minimum Gasteiger partial charge on any atom is -0.486 e. The second-order valence-electron chi connectivity index (χ2n) is 7.30. The van der Waals surface area contributed by atoms with Gasteiger partial charge in [0.15, 0.2) is 11.5 Å². The molecule has 1 atom stereocenters. The lowest BCUT2D eigenvalue weighted by molar-refractivity contribution is -0.133. The molecule has 154 valence electrons. The number of likely N-dealkylation sites (tertiary alicyclic amines) is 1. The minimum absolute atomic E-state index is 0.00472. The zero-order valence-electron chi connectivity index (χ0n) is 16.2. The van der Waals surface area contributed by atoms with Gasteiger partial charge < -0.3 is 14.4 Å². The van der Waals surface area contributed by atoms with E-state index in [9.17, 15) is 9.18 Å². The van der Waals surface area contributed by atoms with Crippen molar-refractivity contribution in [3.63, 3.8) is 0 Å². The molecule has 8 nitrogen and oxygen atoms in total. The number of carbonyl (C=O) groups excluding carboxylic acids is 1. The van der Waals surface area contributed by atoms with Crippen molar-refractivity contribution in [1.82, 2.24) is 25.1 Å². The number of tetrazole rings is 1. The van der Waals surface area contributed by atoms with E-state index >= 15 is 0 Å². The van der Waals surface area contributed by atoms with Gasteiger partial charge in [-0.15, -0.1) is 10.2 Å². The van der Waals surface area contributed by atoms with E-state index in [1.165, 1.54) is 16.9 Å². The second-order valence-corrected chi connectivity index (χ2v) is 7.30. The maximum Gasteiger partial charge on any atom is 0.246 e. The van der Waals surface area contributed by atoms with E-state index in [-0.39, 0.29) is 24.3 Å². The van der Waals surface area contributed by atoms with E-state index in [0.717, 1.165) is 29.9 Å². The molecule has 5 rings (SSSR count). The highest BCUT2D eigenvalue weighted by molar-refractivity contribution is 5.76. The number of aromatic nitrogens is 4. The fraction of sp³-hybridized carbons (Fsp3) is 0.333. The van der Waals surface area contributed by atoms with Crippen LogP contribution in [0.3, 0.4) is 0 Å². The third-order valence-electron chi connectivity index (χ3n) is 5.36. The molecule has 0 spiro atoms. The Morgan fingerprint density at radius 2 is 1.90 bits per heavy atom. The SMILES string of the molecule is O=C(Cn1nnc(-c2ccc(F)cc2)n1)N1CCC[C@H]1c1ccc2c(c1)OCCO2. The number of carbonyl (C=O) groups is 1. The van der Waals surface area contributed by atoms with Gasteiger partial charge in [0.2, 0.25) is 11.7 Å². The number of nitrogens with zero attached hydrogens (tertiary/aromatic N) is 5. The molecular weight excluding hydrogens is 389 g/mol. The average molecular weight is 409 g/mol. The Morgan fingerprint density at radius 3 is 2.73 bits per heavy atom. The maximum absolute atomic E-state index is 13.1. The van der Waals surface area contributed by atoms with Gasteiger partial charge in [-0.1, -0.05) is 6.07 Å². The summed E-state index contributed by atoms with van der Waals surface area (Å²) in [4.78, 5) is 16.1. The zero-order valence-corrected chi connectivity index (χ0v) is 16.2. The molecule has 1 fully saturated rings. The molecule has 0 bridgehead atoms. The summed E-state index contributed by atoms with van der Waals surface area (Å²) in [7, 11) is 0. The number of fused-ring (bicyclic) bond motifs is 1. The van der Waals surface area contributed by atoms with Crippen molar-refractivity contribution in [2.24, 2.45) is 0 Å². The molecule has 1 aromatic heterocycles. The molecule has 2 aliphatic rings. The minimum atomic E-state index is -0.333. The van der Waals surface area contributed by atoms with Crippen LogP contribution >= 0.6 is 0 Å². The number of hydrogen-bond donors (Lipinski definition) is 0. The molecule has 1 amide bonds. The van der Waals surface area contributed by atoms with Crippen LogP contribution in [0.2, 0.25) is 0 Å². The highest BCUT2D eigenvalue weighted by Crippen LogP contribution is 2.38. The first-order valence-electron chi connectivity index (χ1n) is 9.90. The maximum atomic E-state index is 13.1. The number of ether oxygens (including phenoxy) is 2. The Bertz CT molecular complexity index is 1070. The quantitative estimate of drug-likeness (QED) is 0.659. The molecular formula is C21H20FN5O3. The fourth-order valence-corrected chi connectivity index (χ4v) is 3.92. The van der Waals surface area contributed by atoms with Crippen molar-refractivity contribution in [2.45, 2.75) is 25.4 Å². The summed E-state index contributed by atoms with van der Waals surface area (Å²) < 4.78 is 24.4. The van der Waals surface area contributed by atoms with Gasteiger partial charge in [0.1, 0.15) is 25.6 Å². The van der Waals surface area contributed by atoms with E-state index in [1.54, 1.807) is 12.1 Å². The Morgan fingerprint density at radius 1 is 1.10 bits per heavy atom. The van der Waals surface area contributed by atoms with Crippen LogP contribution in [0.4, 0.5) is 4.39 Å². The standard InChI is InChI=1S/C21H20FN5O3/c22-16-6-3-14(4-7-16)21-23-25-27(24-21)13-20(28)26-9-1-2-17(26)15-5-8-18-19(12-15)30-11-10-29-18/h3-8,12,17H,1-2,9-11,13H2/t17-/m0/s1. The first-order chi connectivity index (χ1) is 14.7. The molecule has 3 aromatic rings. The van der Waals surface area contributed by atoms with Crippen molar-refractivity contribution in [1.29, 1.82) is 0 Å². The molecule has 30 heavy (non-hydrogen) atoms. The second kappa shape index (κ2) is 7.74. The van der Waals surface area contributed by atoms with Gasteiger partial charge in [-0.05, 0) is 60.0 Å².